The Labute approximate surface area is 103 Å². The maximum absolute atomic E-state index is 12.1. The van der Waals surface area contributed by atoms with E-state index >= 15 is 0 Å². The summed E-state index contributed by atoms with van der Waals surface area (Å²) in [5.41, 5.74) is 6.69. The number of thiazole rings is 1. The van der Waals surface area contributed by atoms with Crippen LogP contribution < -0.4 is 11.3 Å². The number of aromatic nitrogens is 3. The summed E-state index contributed by atoms with van der Waals surface area (Å²) in [7, 11) is 3.91. The Morgan fingerprint density at radius 3 is 2.82 bits per heavy atom. The van der Waals surface area contributed by atoms with Crippen molar-refractivity contribution in [3.63, 3.8) is 0 Å². The lowest BCUT2D eigenvalue weighted by Crippen LogP contribution is -2.29. The van der Waals surface area contributed by atoms with Crippen molar-refractivity contribution in [2.24, 2.45) is 0 Å². The fourth-order valence-electron chi connectivity index (χ4n) is 1.57. The van der Waals surface area contributed by atoms with Crippen LogP contribution in [0.1, 0.15) is 5.69 Å². The largest absolute Gasteiger partial charge is 0.375 e. The van der Waals surface area contributed by atoms with Crippen LogP contribution in [-0.2, 0) is 6.54 Å². The van der Waals surface area contributed by atoms with E-state index in [1.165, 1.54) is 16.0 Å². The average Bonchev–Trinajstić information content (AvgIpc) is 2.64. The SMILES string of the molecule is Cc1nn(CCN(C)C)c(=O)c2nc(N)sc12. The first kappa shape index (κ1) is 12.0. The van der Waals surface area contributed by atoms with Gasteiger partial charge in [0.15, 0.2) is 10.6 Å². The van der Waals surface area contributed by atoms with E-state index in [9.17, 15) is 4.79 Å². The van der Waals surface area contributed by atoms with Gasteiger partial charge < -0.3 is 10.6 Å². The number of nitrogens with two attached hydrogens (primary N) is 1. The van der Waals surface area contributed by atoms with E-state index in [0.717, 1.165) is 16.9 Å². The molecule has 2 N–H and O–H groups in total. The molecule has 0 spiro atoms. The summed E-state index contributed by atoms with van der Waals surface area (Å²) in [6, 6.07) is 0. The molecule has 0 saturated heterocycles. The molecule has 17 heavy (non-hydrogen) atoms. The van der Waals surface area contributed by atoms with Gasteiger partial charge in [-0.2, -0.15) is 5.10 Å². The van der Waals surface area contributed by atoms with Gasteiger partial charge in [0.2, 0.25) is 0 Å². The van der Waals surface area contributed by atoms with Crippen molar-refractivity contribution in [1.29, 1.82) is 0 Å². The molecule has 2 heterocycles. The molecule has 2 rings (SSSR count). The van der Waals surface area contributed by atoms with Crippen LogP contribution in [-0.4, -0.2) is 40.3 Å². The third-order valence-corrected chi connectivity index (χ3v) is 3.43. The van der Waals surface area contributed by atoms with Crippen LogP contribution in [0.3, 0.4) is 0 Å². The lowest BCUT2D eigenvalue weighted by molar-refractivity contribution is 0.367. The number of rotatable bonds is 3. The molecule has 7 heteroatoms. The molecular formula is C10H15N5OS. The summed E-state index contributed by atoms with van der Waals surface area (Å²) >= 11 is 1.31. The summed E-state index contributed by atoms with van der Waals surface area (Å²) in [6.45, 7) is 3.18. The molecular weight excluding hydrogens is 238 g/mol. The van der Waals surface area contributed by atoms with Gasteiger partial charge in [0.1, 0.15) is 0 Å². The molecule has 0 atom stereocenters. The van der Waals surface area contributed by atoms with Gasteiger partial charge in [-0.25, -0.2) is 9.67 Å². The van der Waals surface area contributed by atoms with Gasteiger partial charge in [-0.3, -0.25) is 4.79 Å². The summed E-state index contributed by atoms with van der Waals surface area (Å²) in [5.74, 6) is 0. The summed E-state index contributed by atoms with van der Waals surface area (Å²) in [4.78, 5) is 18.2. The predicted octanol–water partition coefficient (Wildman–Crippen LogP) is 0.305. The van der Waals surface area contributed by atoms with Gasteiger partial charge in [-0.15, -0.1) is 0 Å². The minimum atomic E-state index is -0.166. The van der Waals surface area contributed by atoms with Crippen LogP contribution in [0.5, 0.6) is 0 Å². The number of nitrogen functional groups attached to an aromatic ring is 1. The van der Waals surface area contributed by atoms with E-state index in [1.807, 2.05) is 25.9 Å². The minimum Gasteiger partial charge on any atom is -0.375 e. The average molecular weight is 253 g/mol. The van der Waals surface area contributed by atoms with Crippen LogP contribution in [0, 0.1) is 6.92 Å². The predicted molar refractivity (Wildman–Crippen MR) is 69.4 cm³/mol. The van der Waals surface area contributed by atoms with E-state index in [2.05, 4.69) is 10.1 Å². The zero-order valence-electron chi connectivity index (χ0n) is 10.1. The van der Waals surface area contributed by atoms with E-state index < -0.39 is 0 Å². The second-order valence-electron chi connectivity index (χ2n) is 4.15. The third kappa shape index (κ3) is 2.29. The molecule has 92 valence electrons. The Bertz CT molecular complexity index is 600. The molecule has 6 nitrogen and oxygen atoms in total. The van der Waals surface area contributed by atoms with Crippen molar-refractivity contribution in [2.45, 2.75) is 13.5 Å². The van der Waals surface area contributed by atoms with Crippen LogP contribution >= 0.6 is 11.3 Å². The molecule has 0 saturated carbocycles. The van der Waals surface area contributed by atoms with E-state index in [-0.39, 0.29) is 5.56 Å². The molecule has 0 aromatic carbocycles. The zero-order chi connectivity index (χ0) is 12.6. The summed E-state index contributed by atoms with van der Waals surface area (Å²) < 4.78 is 2.24. The fourth-order valence-corrected chi connectivity index (χ4v) is 2.33. The molecule has 0 aliphatic heterocycles. The number of nitrogens with zero attached hydrogens (tertiary/aromatic N) is 4. The molecule has 0 bridgehead atoms. The molecule has 0 radical (unpaired) electrons. The maximum Gasteiger partial charge on any atom is 0.294 e. The number of hydrogen-bond donors (Lipinski definition) is 1. The molecule has 0 unspecified atom stereocenters. The van der Waals surface area contributed by atoms with E-state index in [4.69, 9.17) is 5.73 Å². The second kappa shape index (κ2) is 4.42. The highest BCUT2D eigenvalue weighted by atomic mass is 32.1. The van der Waals surface area contributed by atoms with Crippen molar-refractivity contribution in [3.8, 4) is 0 Å². The Morgan fingerprint density at radius 2 is 2.18 bits per heavy atom. The van der Waals surface area contributed by atoms with Crippen molar-refractivity contribution in [3.05, 3.63) is 16.0 Å². The lowest BCUT2D eigenvalue weighted by atomic mass is 10.4. The molecule has 0 aliphatic carbocycles. The Morgan fingerprint density at radius 1 is 1.47 bits per heavy atom. The second-order valence-corrected chi connectivity index (χ2v) is 5.18. The van der Waals surface area contributed by atoms with Gasteiger partial charge >= 0.3 is 0 Å². The number of fused-ring (bicyclic) bond motifs is 1. The lowest BCUT2D eigenvalue weighted by Gasteiger charge is -2.10. The highest BCUT2D eigenvalue weighted by molar-refractivity contribution is 7.22. The molecule has 0 fully saturated rings. The maximum atomic E-state index is 12.1. The Balaban J connectivity index is 2.51. The Hall–Kier alpha value is -1.47. The quantitative estimate of drug-likeness (QED) is 0.851. The van der Waals surface area contributed by atoms with Gasteiger partial charge in [-0.05, 0) is 21.0 Å². The fraction of sp³-hybridized carbons (Fsp3) is 0.500. The van der Waals surface area contributed by atoms with Crippen molar-refractivity contribution < 1.29 is 0 Å². The standard InChI is InChI=1S/C10H15N5OS/c1-6-8-7(12-10(11)17-8)9(16)15(13-6)5-4-14(2)3/h4-5H2,1-3H3,(H2,11,12). The van der Waals surface area contributed by atoms with Crippen molar-refractivity contribution >= 4 is 26.7 Å². The number of hydrogen-bond acceptors (Lipinski definition) is 6. The molecule has 2 aromatic rings. The van der Waals surface area contributed by atoms with Gasteiger partial charge in [0.05, 0.1) is 16.9 Å². The highest BCUT2D eigenvalue weighted by Gasteiger charge is 2.12. The zero-order valence-corrected chi connectivity index (χ0v) is 10.9. The van der Waals surface area contributed by atoms with E-state index in [0.29, 0.717) is 17.2 Å². The monoisotopic (exact) mass is 253 g/mol. The number of aryl methyl sites for hydroxylation is 1. The summed E-state index contributed by atoms with van der Waals surface area (Å²) in [6.07, 6.45) is 0. The van der Waals surface area contributed by atoms with Gasteiger partial charge in [-0.1, -0.05) is 11.3 Å². The molecule has 2 aromatic heterocycles. The topological polar surface area (TPSA) is 77.0 Å². The normalized spacial score (nSPS) is 11.5. The first-order valence-electron chi connectivity index (χ1n) is 5.27. The van der Waals surface area contributed by atoms with Crippen LogP contribution in [0.15, 0.2) is 4.79 Å². The molecule has 0 aliphatic rings. The number of likely N-dealkylation sites (N-methyl/N-ethyl adjacent to an activating group) is 1. The van der Waals surface area contributed by atoms with Crippen LogP contribution in [0.25, 0.3) is 10.2 Å². The first-order chi connectivity index (χ1) is 7.99. The van der Waals surface area contributed by atoms with Crippen LogP contribution in [0.4, 0.5) is 5.13 Å². The third-order valence-electron chi connectivity index (χ3n) is 2.44. The van der Waals surface area contributed by atoms with E-state index in [1.54, 1.807) is 0 Å². The number of anilines is 1. The van der Waals surface area contributed by atoms with Gasteiger partial charge in [0, 0.05) is 6.54 Å². The van der Waals surface area contributed by atoms with Crippen molar-refractivity contribution in [2.75, 3.05) is 26.4 Å². The highest BCUT2D eigenvalue weighted by Crippen LogP contribution is 2.22. The minimum absolute atomic E-state index is 0.166. The Kier molecular flexibility index (Phi) is 3.12. The van der Waals surface area contributed by atoms with Crippen LogP contribution in [0.2, 0.25) is 0 Å². The smallest absolute Gasteiger partial charge is 0.294 e. The summed E-state index contributed by atoms with van der Waals surface area (Å²) in [5, 5.41) is 4.69. The van der Waals surface area contributed by atoms with Crippen molar-refractivity contribution in [1.82, 2.24) is 19.7 Å². The van der Waals surface area contributed by atoms with Gasteiger partial charge in [0.25, 0.3) is 5.56 Å². The molecule has 0 amide bonds. The first-order valence-corrected chi connectivity index (χ1v) is 6.09.